The van der Waals surface area contributed by atoms with Crippen LogP contribution in [0.15, 0.2) is 46.9 Å². The fourth-order valence-electron chi connectivity index (χ4n) is 1.91. The molecule has 0 aliphatic heterocycles. The first kappa shape index (κ1) is 18.3. The highest BCUT2D eigenvalue weighted by atomic mass is 79.9. The lowest BCUT2D eigenvalue weighted by atomic mass is 10.2. The van der Waals surface area contributed by atoms with Gasteiger partial charge in [0.05, 0.1) is 5.02 Å². The molecule has 0 saturated carbocycles. The molecule has 2 aromatic rings. The Morgan fingerprint density at radius 3 is 2.67 bits per heavy atom. The van der Waals surface area contributed by atoms with Crippen LogP contribution >= 0.6 is 27.5 Å². The average molecular weight is 412 g/mol. The first-order valence-corrected chi connectivity index (χ1v) is 8.26. The van der Waals surface area contributed by atoms with Gasteiger partial charge < -0.3 is 15.0 Å². The second kappa shape index (κ2) is 8.17. The molecular formula is C17H16BrClN2O3. The summed E-state index contributed by atoms with van der Waals surface area (Å²) in [5.74, 6) is 0.0170. The van der Waals surface area contributed by atoms with Gasteiger partial charge in [-0.1, -0.05) is 33.6 Å². The molecular weight excluding hydrogens is 396 g/mol. The van der Waals surface area contributed by atoms with Crippen LogP contribution in [0.5, 0.6) is 5.75 Å². The van der Waals surface area contributed by atoms with Crippen molar-refractivity contribution in [3.05, 3.63) is 52.0 Å². The molecule has 0 saturated heterocycles. The molecule has 1 N–H and O–H groups in total. The molecule has 0 atom stereocenters. The minimum absolute atomic E-state index is 0.0910. The number of carbonyl (C=O) groups is 2. The molecule has 2 rings (SSSR count). The maximum Gasteiger partial charge on any atom is 0.262 e. The summed E-state index contributed by atoms with van der Waals surface area (Å²) in [5, 5.41) is 3.14. The summed E-state index contributed by atoms with van der Waals surface area (Å²) in [5.41, 5.74) is 1.27. The van der Waals surface area contributed by atoms with Crippen molar-refractivity contribution in [2.24, 2.45) is 0 Å². The van der Waals surface area contributed by atoms with Crippen LogP contribution in [0.2, 0.25) is 5.02 Å². The van der Waals surface area contributed by atoms with E-state index in [1.807, 2.05) is 0 Å². The number of hydrogen-bond donors (Lipinski definition) is 1. The number of nitrogens with zero attached hydrogens (tertiary/aromatic N) is 1. The molecule has 24 heavy (non-hydrogen) atoms. The quantitative estimate of drug-likeness (QED) is 0.806. The topological polar surface area (TPSA) is 58.6 Å². The lowest BCUT2D eigenvalue weighted by molar-refractivity contribution is -0.118. The molecule has 7 heteroatoms. The SMILES string of the molecule is CC(=O)N(C)c1cccc(NC(=O)COc2ccc(Br)cc2Cl)c1. The standard InChI is InChI=1S/C17H16BrClN2O3/c1-11(22)21(2)14-5-3-4-13(9-14)20-17(23)10-24-16-7-6-12(18)8-15(16)19/h3-9H,10H2,1-2H3,(H,20,23). The van der Waals surface area contributed by atoms with Gasteiger partial charge in [-0.15, -0.1) is 0 Å². The predicted octanol–water partition coefficient (Wildman–Crippen LogP) is 4.10. The average Bonchev–Trinajstić information content (AvgIpc) is 2.53. The van der Waals surface area contributed by atoms with Crippen molar-refractivity contribution in [3.63, 3.8) is 0 Å². The summed E-state index contributed by atoms with van der Waals surface area (Å²) in [6, 6.07) is 12.2. The molecule has 0 fully saturated rings. The van der Waals surface area contributed by atoms with E-state index in [1.165, 1.54) is 11.8 Å². The van der Waals surface area contributed by atoms with Gasteiger partial charge in [0.2, 0.25) is 5.91 Å². The molecule has 5 nitrogen and oxygen atoms in total. The molecule has 2 aromatic carbocycles. The van der Waals surface area contributed by atoms with Crippen LogP contribution in [0.3, 0.4) is 0 Å². The van der Waals surface area contributed by atoms with Gasteiger partial charge >= 0.3 is 0 Å². The van der Waals surface area contributed by atoms with Crippen molar-refractivity contribution in [2.75, 3.05) is 23.9 Å². The highest BCUT2D eigenvalue weighted by Gasteiger charge is 2.09. The Balaban J connectivity index is 1.97. The minimum Gasteiger partial charge on any atom is -0.482 e. The predicted molar refractivity (Wildman–Crippen MR) is 98.8 cm³/mol. The minimum atomic E-state index is -0.323. The zero-order valence-corrected chi connectivity index (χ0v) is 15.5. The lowest BCUT2D eigenvalue weighted by Gasteiger charge is -2.16. The van der Waals surface area contributed by atoms with E-state index in [-0.39, 0.29) is 18.4 Å². The van der Waals surface area contributed by atoms with Gasteiger partial charge in [-0.05, 0) is 36.4 Å². The Labute approximate surface area is 153 Å². The molecule has 0 bridgehead atoms. The monoisotopic (exact) mass is 410 g/mol. The zero-order chi connectivity index (χ0) is 17.7. The summed E-state index contributed by atoms with van der Waals surface area (Å²) in [6.07, 6.45) is 0. The van der Waals surface area contributed by atoms with Gasteiger partial charge in [0.15, 0.2) is 6.61 Å². The van der Waals surface area contributed by atoms with E-state index in [2.05, 4.69) is 21.2 Å². The van der Waals surface area contributed by atoms with E-state index in [0.29, 0.717) is 22.1 Å². The van der Waals surface area contributed by atoms with Crippen LogP contribution in [-0.4, -0.2) is 25.5 Å². The van der Waals surface area contributed by atoms with Gasteiger partial charge in [0.1, 0.15) is 5.75 Å². The van der Waals surface area contributed by atoms with Crippen LogP contribution in [-0.2, 0) is 9.59 Å². The van der Waals surface area contributed by atoms with Crippen molar-refractivity contribution in [2.45, 2.75) is 6.92 Å². The Kier molecular flexibility index (Phi) is 6.23. The maximum atomic E-state index is 12.0. The maximum absolute atomic E-state index is 12.0. The highest BCUT2D eigenvalue weighted by molar-refractivity contribution is 9.10. The van der Waals surface area contributed by atoms with Crippen molar-refractivity contribution in [3.8, 4) is 5.75 Å². The number of carbonyl (C=O) groups excluding carboxylic acids is 2. The molecule has 0 aromatic heterocycles. The van der Waals surface area contributed by atoms with Crippen molar-refractivity contribution in [1.29, 1.82) is 0 Å². The number of ether oxygens (including phenoxy) is 1. The lowest BCUT2D eigenvalue weighted by Crippen LogP contribution is -2.23. The first-order chi connectivity index (χ1) is 11.4. The van der Waals surface area contributed by atoms with Crippen LogP contribution in [0.1, 0.15) is 6.92 Å². The number of halogens is 2. The van der Waals surface area contributed by atoms with Crippen molar-refractivity contribution < 1.29 is 14.3 Å². The van der Waals surface area contributed by atoms with E-state index in [0.717, 1.165) is 4.47 Å². The van der Waals surface area contributed by atoms with Crippen LogP contribution < -0.4 is 15.0 Å². The highest BCUT2D eigenvalue weighted by Crippen LogP contribution is 2.27. The summed E-state index contributed by atoms with van der Waals surface area (Å²) < 4.78 is 6.24. The smallest absolute Gasteiger partial charge is 0.262 e. The number of rotatable bonds is 5. The van der Waals surface area contributed by atoms with Gasteiger partial charge in [0.25, 0.3) is 5.91 Å². The van der Waals surface area contributed by atoms with Crippen LogP contribution in [0, 0.1) is 0 Å². The van der Waals surface area contributed by atoms with Crippen LogP contribution in [0.4, 0.5) is 11.4 Å². The molecule has 0 aliphatic carbocycles. The summed E-state index contributed by atoms with van der Waals surface area (Å²) in [6.45, 7) is 1.30. The summed E-state index contributed by atoms with van der Waals surface area (Å²) >= 11 is 9.34. The van der Waals surface area contributed by atoms with Crippen LogP contribution in [0.25, 0.3) is 0 Å². The Morgan fingerprint density at radius 1 is 1.25 bits per heavy atom. The summed E-state index contributed by atoms with van der Waals surface area (Å²) in [7, 11) is 1.67. The third-order valence-electron chi connectivity index (χ3n) is 3.24. The van der Waals surface area contributed by atoms with Crippen molar-refractivity contribution in [1.82, 2.24) is 0 Å². The van der Waals surface area contributed by atoms with Crippen molar-refractivity contribution >= 4 is 50.7 Å². The molecule has 126 valence electrons. The van der Waals surface area contributed by atoms with E-state index in [9.17, 15) is 9.59 Å². The third-order valence-corrected chi connectivity index (χ3v) is 4.03. The number of amides is 2. The summed E-state index contributed by atoms with van der Waals surface area (Å²) in [4.78, 5) is 24.9. The van der Waals surface area contributed by atoms with Gasteiger partial charge in [-0.25, -0.2) is 0 Å². The van der Waals surface area contributed by atoms with E-state index in [1.54, 1.807) is 49.5 Å². The first-order valence-electron chi connectivity index (χ1n) is 7.09. The second-order valence-electron chi connectivity index (χ2n) is 5.04. The fraction of sp³-hybridized carbons (Fsp3) is 0.176. The number of benzene rings is 2. The van der Waals surface area contributed by atoms with Gasteiger partial charge in [-0.2, -0.15) is 0 Å². The fourth-order valence-corrected chi connectivity index (χ4v) is 2.63. The molecule has 0 radical (unpaired) electrons. The molecule has 0 aliphatic rings. The number of hydrogen-bond acceptors (Lipinski definition) is 3. The van der Waals surface area contributed by atoms with E-state index < -0.39 is 0 Å². The zero-order valence-electron chi connectivity index (χ0n) is 13.2. The van der Waals surface area contributed by atoms with Gasteiger partial charge in [0, 0.05) is 29.8 Å². The molecule has 0 spiro atoms. The number of nitrogens with one attached hydrogen (secondary N) is 1. The second-order valence-corrected chi connectivity index (χ2v) is 6.36. The van der Waals surface area contributed by atoms with Gasteiger partial charge in [-0.3, -0.25) is 9.59 Å². The molecule has 2 amide bonds. The molecule has 0 heterocycles. The number of anilines is 2. The molecule has 0 unspecified atom stereocenters. The normalized spacial score (nSPS) is 10.2. The Morgan fingerprint density at radius 2 is 2.00 bits per heavy atom. The third kappa shape index (κ3) is 4.97. The van der Waals surface area contributed by atoms with E-state index in [4.69, 9.17) is 16.3 Å². The largest absolute Gasteiger partial charge is 0.482 e. The van der Waals surface area contributed by atoms with E-state index >= 15 is 0 Å². The Bertz CT molecular complexity index is 767. The Hall–Kier alpha value is -2.05.